The molecule has 1 heterocycles. The fraction of sp³-hybridized carbons (Fsp3) is 0.235. The van der Waals surface area contributed by atoms with E-state index in [2.05, 4.69) is 20.8 Å². The molecule has 124 valence electrons. The first kappa shape index (κ1) is 15.9. The number of carbonyl (C=O) groups excluding carboxylic acids is 1. The molecule has 1 aromatic heterocycles. The third-order valence-electron chi connectivity index (χ3n) is 3.58. The maximum Gasteiger partial charge on any atom is 0.315 e. The van der Waals surface area contributed by atoms with Crippen LogP contribution >= 0.6 is 0 Å². The summed E-state index contributed by atoms with van der Waals surface area (Å²) < 4.78 is 4.90. The molecular weight excluding hydrogens is 308 g/mol. The van der Waals surface area contributed by atoms with Gasteiger partial charge in [0.25, 0.3) is 0 Å². The van der Waals surface area contributed by atoms with Crippen LogP contribution in [0.2, 0.25) is 0 Å². The van der Waals surface area contributed by atoms with Gasteiger partial charge in [-0.25, -0.2) is 4.79 Å². The summed E-state index contributed by atoms with van der Waals surface area (Å²) in [4.78, 5) is 15.7. The average molecular weight is 326 g/mol. The summed E-state index contributed by atoms with van der Waals surface area (Å²) in [6.45, 7) is 1.94. The van der Waals surface area contributed by atoms with Gasteiger partial charge in [0.1, 0.15) is 0 Å². The highest BCUT2D eigenvalue weighted by Gasteiger charge is 2.11. The molecule has 0 aliphatic heterocycles. The summed E-state index contributed by atoms with van der Waals surface area (Å²) in [6.07, 6.45) is -0.786. The lowest BCUT2D eigenvalue weighted by atomic mass is 10.0. The van der Waals surface area contributed by atoms with Gasteiger partial charge in [-0.3, -0.25) is 0 Å². The van der Waals surface area contributed by atoms with E-state index < -0.39 is 12.1 Å². The molecule has 0 saturated heterocycles. The third-order valence-corrected chi connectivity index (χ3v) is 3.58. The van der Waals surface area contributed by atoms with Crippen LogP contribution in [0.4, 0.5) is 4.79 Å². The normalized spacial score (nSPS) is 12.1. The summed E-state index contributed by atoms with van der Waals surface area (Å²) in [5.74, 6) is 0.844. The predicted octanol–water partition coefficient (Wildman–Crippen LogP) is 2.06. The summed E-state index contributed by atoms with van der Waals surface area (Å²) in [5, 5.41) is 21.2. The van der Waals surface area contributed by atoms with Crippen molar-refractivity contribution in [2.75, 3.05) is 6.54 Å². The molecule has 2 amide bonds. The van der Waals surface area contributed by atoms with Crippen molar-refractivity contribution in [1.29, 1.82) is 0 Å². The zero-order chi connectivity index (χ0) is 16.9. The van der Waals surface area contributed by atoms with Crippen molar-refractivity contribution in [3.8, 4) is 0 Å². The molecule has 7 nitrogen and oxygen atoms in total. The van der Waals surface area contributed by atoms with Crippen molar-refractivity contribution < 1.29 is 14.4 Å². The number of hydrogen-bond acceptors (Lipinski definition) is 5. The first-order valence-electron chi connectivity index (χ1n) is 7.59. The van der Waals surface area contributed by atoms with Crippen LogP contribution in [-0.4, -0.2) is 27.8 Å². The minimum atomic E-state index is -0.786. The third kappa shape index (κ3) is 3.88. The van der Waals surface area contributed by atoms with Crippen molar-refractivity contribution in [2.24, 2.45) is 0 Å². The minimum Gasteiger partial charge on any atom is -0.387 e. The zero-order valence-electron chi connectivity index (χ0n) is 13.2. The number of aromatic nitrogens is 2. The number of rotatable bonds is 5. The van der Waals surface area contributed by atoms with Crippen molar-refractivity contribution in [1.82, 2.24) is 20.8 Å². The number of nitrogens with zero attached hydrogens (tertiary/aromatic N) is 2. The molecule has 0 saturated carbocycles. The van der Waals surface area contributed by atoms with Gasteiger partial charge in [0.15, 0.2) is 5.82 Å². The monoisotopic (exact) mass is 326 g/mol. The molecule has 1 unspecified atom stereocenters. The SMILES string of the molecule is Cc1noc(CNC(=O)NCC(O)c2ccc3ccccc3c2)n1. The second-order valence-electron chi connectivity index (χ2n) is 5.42. The van der Waals surface area contributed by atoms with E-state index in [0.29, 0.717) is 11.7 Å². The quantitative estimate of drug-likeness (QED) is 0.666. The van der Waals surface area contributed by atoms with Crippen molar-refractivity contribution in [3.05, 3.63) is 59.7 Å². The van der Waals surface area contributed by atoms with Gasteiger partial charge in [0, 0.05) is 6.54 Å². The number of fused-ring (bicyclic) bond motifs is 1. The van der Waals surface area contributed by atoms with Gasteiger partial charge in [0.2, 0.25) is 5.89 Å². The van der Waals surface area contributed by atoms with Gasteiger partial charge < -0.3 is 20.3 Å². The number of hydrogen-bond donors (Lipinski definition) is 3. The number of amides is 2. The second kappa shape index (κ2) is 7.10. The summed E-state index contributed by atoms with van der Waals surface area (Å²) in [6, 6.07) is 13.2. The van der Waals surface area contributed by atoms with E-state index in [9.17, 15) is 9.90 Å². The molecule has 0 bridgehead atoms. The van der Waals surface area contributed by atoms with Crippen LogP contribution in [0.5, 0.6) is 0 Å². The van der Waals surface area contributed by atoms with Crippen LogP contribution in [0.15, 0.2) is 47.0 Å². The Kier molecular flexibility index (Phi) is 4.72. The average Bonchev–Trinajstić information content (AvgIpc) is 3.02. The van der Waals surface area contributed by atoms with E-state index in [0.717, 1.165) is 16.3 Å². The topological polar surface area (TPSA) is 100 Å². The number of aliphatic hydroxyl groups is 1. The number of nitrogens with one attached hydrogen (secondary N) is 2. The van der Waals surface area contributed by atoms with E-state index in [4.69, 9.17) is 4.52 Å². The van der Waals surface area contributed by atoms with E-state index in [1.807, 2.05) is 42.5 Å². The Morgan fingerprint density at radius 3 is 2.75 bits per heavy atom. The van der Waals surface area contributed by atoms with Gasteiger partial charge in [0.05, 0.1) is 12.6 Å². The van der Waals surface area contributed by atoms with Gasteiger partial charge in [-0.2, -0.15) is 4.98 Å². The van der Waals surface area contributed by atoms with E-state index in [1.54, 1.807) is 6.92 Å². The lowest BCUT2D eigenvalue weighted by Gasteiger charge is -2.13. The second-order valence-corrected chi connectivity index (χ2v) is 5.42. The Hall–Kier alpha value is -2.93. The lowest BCUT2D eigenvalue weighted by molar-refractivity contribution is 0.173. The Morgan fingerprint density at radius 2 is 2.00 bits per heavy atom. The van der Waals surface area contributed by atoms with Crippen LogP contribution in [-0.2, 0) is 6.54 Å². The largest absolute Gasteiger partial charge is 0.387 e. The maximum atomic E-state index is 11.7. The number of benzene rings is 2. The van der Waals surface area contributed by atoms with Gasteiger partial charge >= 0.3 is 6.03 Å². The highest BCUT2D eigenvalue weighted by Crippen LogP contribution is 2.19. The molecule has 3 rings (SSSR count). The lowest BCUT2D eigenvalue weighted by Crippen LogP contribution is -2.37. The number of urea groups is 1. The van der Waals surface area contributed by atoms with E-state index >= 15 is 0 Å². The van der Waals surface area contributed by atoms with Crippen LogP contribution < -0.4 is 10.6 Å². The molecule has 3 aromatic rings. The number of carbonyl (C=O) groups is 1. The molecule has 0 aliphatic rings. The fourth-order valence-electron chi connectivity index (χ4n) is 2.35. The molecule has 0 fully saturated rings. The molecule has 2 aromatic carbocycles. The van der Waals surface area contributed by atoms with Crippen LogP contribution in [0.1, 0.15) is 23.4 Å². The van der Waals surface area contributed by atoms with Crippen LogP contribution in [0, 0.1) is 6.92 Å². The highest BCUT2D eigenvalue weighted by molar-refractivity contribution is 5.83. The van der Waals surface area contributed by atoms with Crippen molar-refractivity contribution in [2.45, 2.75) is 19.6 Å². The smallest absolute Gasteiger partial charge is 0.315 e. The van der Waals surface area contributed by atoms with Crippen LogP contribution in [0.3, 0.4) is 0 Å². The zero-order valence-corrected chi connectivity index (χ0v) is 13.2. The first-order chi connectivity index (χ1) is 11.6. The molecule has 24 heavy (non-hydrogen) atoms. The summed E-state index contributed by atoms with van der Waals surface area (Å²) >= 11 is 0. The molecule has 0 aliphatic carbocycles. The van der Waals surface area contributed by atoms with Gasteiger partial charge in [-0.1, -0.05) is 41.6 Å². The molecule has 0 spiro atoms. The summed E-state index contributed by atoms with van der Waals surface area (Å²) in [5.41, 5.74) is 0.751. The fourth-order valence-corrected chi connectivity index (χ4v) is 2.35. The highest BCUT2D eigenvalue weighted by atomic mass is 16.5. The molecule has 3 N–H and O–H groups in total. The maximum absolute atomic E-state index is 11.7. The van der Waals surface area contributed by atoms with Gasteiger partial charge in [-0.15, -0.1) is 0 Å². The molecule has 7 heteroatoms. The molecule has 1 atom stereocenters. The standard InChI is InChI=1S/C17H18N4O3/c1-11-20-16(24-21-11)10-19-17(23)18-9-15(22)14-7-6-12-4-2-3-5-13(12)8-14/h2-8,15,22H,9-10H2,1H3,(H2,18,19,23). The van der Waals surface area contributed by atoms with Crippen molar-refractivity contribution in [3.63, 3.8) is 0 Å². The molecule has 0 radical (unpaired) electrons. The van der Waals surface area contributed by atoms with E-state index in [-0.39, 0.29) is 13.1 Å². The Morgan fingerprint density at radius 1 is 1.21 bits per heavy atom. The molecular formula is C17H18N4O3. The summed E-state index contributed by atoms with van der Waals surface area (Å²) in [7, 11) is 0. The predicted molar refractivity (Wildman–Crippen MR) is 88.2 cm³/mol. The van der Waals surface area contributed by atoms with E-state index in [1.165, 1.54) is 0 Å². The Labute approximate surface area is 138 Å². The Bertz CT molecular complexity index is 846. The van der Waals surface area contributed by atoms with Crippen LogP contribution in [0.25, 0.3) is 10.8 Å². The number of aryl methyl sites for hydroxylation is 1. The van der Waals surface area contributed by atoms with Gasteiger partial charge in [-0.05, 0) is 29.3 Å². The number of aliphatic hydroxyl groups excluding tert-OH is 1. The van der Waals surface area contributed by atoms with Crippen molar-refractivity contribution >= 4 is 16.8 Å². The Balaban J connectivity index is 1.52. The first-order valence-corrected chi connectivity index (χ1v) is 7.59. The minimum absolute atomic E-state index is 0.104.